The minimum Gasteiger partial charge on any atom is -0.393 e. The third-order valence-corrected chi connectivity index (χ3v) is 6.21. The molecular formula is C27H29N3O5. The number of hydrogen-bond acceptors (Lipinski definition) is 6. The molecule has 0 saturated heterocycles. The molecule has 0 bridgehead atoms. The Balaban J connectivity index is 1.63. The van der Waals surface area contributed by atoms with Crippen molar-refractivity contribution in [3.8, 4) is 0 Å². The Hall–Kier alpha value is -3.23. The zero-order valence-corrected chi connectivity index (χ0v) is 19.3. The molecule has 3 aromatic carbocycles. The highest BCUT2D eigenvalue weighted by atomic mass is 16.6. The summed E-state index contributed by atoms with van der Waals surface area (Å²) in [5.74, 6) is 0. The zero-order valence-electron chi connectivity index (χ0n) is 19.3. The summed E-state index contributed by atoms with van der Waals surface area (Å²) in [6.45, 7) is -0.0760. The molecule has 0 aliphatic heterocycles. The molecule has 3 aromatic rings. The fourth-order valence-corrected chi connectivity index (χ4v) is 4.39. The lowest BCUT2D eigenvalue weighted by Gasteiger charge is -2.32. The maximum Gasteiger partial charge on any atom is 0.127 e. The van der Waals surface area contributed by atoms with Crippen LogP contribution in [0.15, 0.2) is 96.1 Å². The molecule has 8 heteroatoms. The standard InChI is InChI=1S/C27H29N3O5/c28-30-29-25-23(33-16-20-10-4-1-5-11-20)24(34-17-21-12-6-2-7-13-21)26(27(25,32)19-31)35-18-22-14-8-3-9-15-22/h1-15,23-26,31-32H,16-19H2/t23-,24-,25-,26+,27+/m1/s1. The van der Waals surface area contributed by atoms with E-state index in [1.54, 1.807) is 0 Å². The summed E-state index contributed by atoms with van der Waals surface area (Å²) in [5.41, 5.74) is 10.1. The summed E-state index contributed by atoms with van der Waals surface area (Å²) in [6.07, 6.45) is -2.67. The van der Waals surface area contributed by atoms with Gasteiger partial charge in [0.1, 0.15) is 17.8 Å². The lowest BCUT2D eigenvalue weighted by Crippen LogP contribution is -2.52. The predicted octanol–water partition coefficient (Wildman–Crippen LogP) is 4.16. The summed E-state index contributed by atoms with van der Waals surface area (Å²) in [6, 6.07) is 27.5. The van der Waals surface area contributed by atoms with Crippen molar-refractivity contribution in [1.29, 1.82) is 0 Å². The van der Waals surface area contributed by atoms with Crippen LogP contribution in [0.25, 0.3) is 10.4 Å². The second-order valence-corrected chi connectivity index (χ2v) is 8.54. The van der Waals surface area contributed by atoms with Crippen LogP contribution in [-0.4, -0.2) is 46.8 Å². The first kappa shape index (κ1) is 24.9. The van der Waals surface area contributed by atoms with Crippen LogP contribution in [0.2, 0.25) is 0 Å². The average Bonchev–Trinajstić information content (AvgIpc) is 3.13. The van der Waals surface area contributed by atoms with Crippen molar-refractivity contribution >= 4 is 0 Å². The van der Waals surface area contributed by atoms with E-state index in [1.807, 2.05) is 91.0 Å². The minimum absolute atomic E-state index is 0.174. The van der Waals surface area contributed by atoms with Gasteiger partial charge < -0.3 is 24.4 Å². The number of nitrogens with zero attached hydrogens (tertiary/aromatic N) is 3. The monoisotopic (exact) mass is 475 g/mol. The van der Waals surface area contributed by atoms with Crippen LogP contribution in [0.5, 0.6) is 0 Å². The summed E-state index contributed by atoms with van der Waals surface area (Å²) in [5, 5.41) is 25.7. The van der Waals surface area contributed by atoms with Gasteiger partial charge in [-0.25, -0.2) is 0 Å². The molecule has 0 unspecified atom stereocenters. The quantitative estimate of drug-likeness (QED) is 0.245. The van der Waals surface area contributed by atoms with Gasteiger partial charge in [-0.15, -0.1) is 0 Å². The maximum absolute atomic E-state index is 11.6. The van der Waals surface area contributed by atoms with Crippen LogP contribution >= 0.6 is 0 Å². The molecule has 2 N–H and O–H groups in total. The third kappa shape index (κ3) is 5.89. The molecule has 0 radical (unpaired) electrons. The van der Waals surface area contributed by atoms with Gasteiger partial charge in [-0.05, 0) is 22.2 Å². The lowest BCUT2D eigenvalue weighted by atomic mass is 9.96. The molecule has 5 atom stereocenters. The van der Waals surface area contributed by atoms with Gasteiger partial charge >= 0.3 is 0 Å². The van der Waals surface area contributed by atoms with Crippen molar-refractivity contribution in [1.82, 2.24) is 0 Å². The smallest absolute Gasteiger partial charge is 0.127 e. The van der Waals surface area contributed by atoms with Crippen LogP contribution in [0.1, 0.15) is 16.7 Å². The van der Waals surface area contributed by atoms with E-state index in [0.29, 0.717) is 0 Å². The molecule has 0 spiro atoms. The van der Waals surface area contributed by atoms with E-state index in [1.165, 1.54) is 0 Å². The molecule has 0 aromatic heterocycles. The average molecular weight is 476 g/mol. The van der Waals surface area contributed by atoms with Crippen LogP contribution in [0.3, 0.4) is 0 Å². The van der Waals surface area contributed by atoms with Crippen molar-refractivity contribution in [3.63, 3.8) is 0 Å². The number of aliphatic hydroxyl groups is 2. The molecule has 4 rings (SSSR count). The molecular weight excluding hydrogens is 446 g/mol. The molecule has 1 saturated carbocycles. The van der Waals surface area contributed by atoms with Crippen molar-refractivity contribution < 1.29 is 24.4 Å². The van der Waals surface area contributed by atoms with Crippen molar-refractivity contribution in [3.05, 3.63) is 118 Å². The first-order valence-corrected chi connectivity index (χ1v) is 11.5. The highest BCUT2D eigenvalue weighted by Gasteiger charge is 2.62. The molecule has 1 fully saturated rings. The molecule has 8 nitrogen and oxygen atoms in total. The Morgan fingerprint density at radius 2 is 1.14 bits per heavy atom. The number of benzene rings is 3. The lowest BCUT2D eigenvalue weighted by molar-refractivity contribution is -0.166. The second-order valence-electron chi connectivity index (χ2n) is 8.54. The Kier molecular flexibility index (Phi) is 8.50. The maximum atomic E-state index is 11.6. The van der Waals surface area contributed by atoms with Gasteiger partial charge in [0.15, 0.2) is 0 Å². The Labute approximate surface area is 204 Å². The fourth-order valence-electron chi connectivity index (χ4n) is 4.39. The van der Waals surface area contributed by atoms with Gasteiger partial charge in [0, 0.05) is 4.91 Å². The van der Waals surface area contributed by atoms with E-state index in [0.717, 1.165) is 16.7 Å². The van der Waals surface area contributed by atoms with E-state index >= 15 is 0 Å². The van der Waals surface area contributed by atoms with Crippen LogP contribution in [-0.2, 0) is 34.0 Å². The van der Waals surface area contributed by atoms with Crippen molar-refractivity contribution in [2.75, 3.05) is 6.61 Å². The fraction of sp³-hybridized carbons (Fsp3) is 0.333. The Morgan fingerprint density at radius 3 is 1.57 bits per heavy atom. The molecule has 1 aliphatic rings. The number of ether oxygens (including phenoxy) is 3. The van der Waals surface area contributed by atoms with Crippen LogP contribution in [0, 0.1) is 0 Å². The number of rotatable bonds is 11. The summed E-state index contributed by atoms with van der Waals surface area (Å²) in [4.78, 5) is 2.93. The Bertz CT molecular complexity index is 1100. The largest absolute Gasteiger partial charge is 0.393 e. The molecule has 0 heterocycles. The van der Waals surface area contributed by atoms with Gasteiger partial charge in [-0.2, -0.15) is 0 Å². The highest BCUT2D eigenvalue weighted by molar-refractivity contribution is 5.19. The normalized spacial score (nSPS) is 25.8. The van der Waals surface area contributed by atoms with Gasteiger partial charge in [0.05, 0.1) is 38.6 Å². The molecule has 0 amide bonds. The number of hydrogen-bond donors (Lipinski definition) is 2. The van der Waals surface area contributed by atoms with Crippen LogP contribution in [0.4, 0.5) is 0 Å². The number of aliphatic hydroxyl groups excluding tert-OH is 1. The highest BCUT2D eigenvalue weighted by Crippen LogP contribution is 2.40. The number of azide groups is 1. The first-order valence-electron chi connectivity index (χ1n) is 11.5. The molecule has 182 valence electrons. The van der Waals surface area contributed by atoms with Crippen molar-refractivity contribution in [2.45, 2.75) is 49.8 Å². The van der Waals surface area contributed by atoms with Crippen LogP contribution < -0.4 is 0 Å². The first-order chi connectivity index (χ1) is 17.2. The topological polar surface area (TPSA) is 117 Å². The van der Waals surface area contributed by atoms with Gasteiger partial charge in [-0.1, -0.05) is 96.1 Å². The van der Waals surface area contributed by atoms with Gasteiger partial charge in [0.2, 0.25) is 0 Å². The SMILES string of the molecule is [N-]=[N+]=N[C@@H]1[C@H](OCc2ccccc2)[C@@H](OCc2ccccc2)[C@H](OCc2ccccc2)[C@]1(O)CO. The van der Waals surface area contributed by atoms with Gasteiger partial charge in [0.25, 0.3) is 0 Å². The van der Waals surface area contributed by atoms with E-state index in [2.05, 4.69) is 10.0 Å². The minimum atomic E-state index is -1.90. The summed E-state index contributed by atoms with van der Waals surface area (Å²) >= 11 is 0. The Morgan fingerprint density at radius 1 is 0.714 bits per heavy atom. The van der Waals surface area contributed by atoms with Gasteiger partial charge in [-0.3, -0.25) is 0 Å². The van der Waals surface area contributed by atoms with E-state index in [9.17, 15) is 15.7 Å². The second kappa shape index (κ2) is 12.0. The molecule has 1 aliphatic carbocycles. The van der Waals surface area contributed by atoms with E-state index in [-0.39, 0.29) is 19.8 Å². The van der Waals surface area contributed by atoms with E-state index in [4.69, 9.17) is 14.2 Å². The van der Waals surface area contributed by atoms with E-state index < -0.39 is 36.6 Å². The van der Waals surface area contributed by atoms with Crippen molar-refractivity contribution in [2.24, 2.45) is 5.11 Å². The summed E-state index contributed by atoms with van der Waals surface area (Å²) < 4.78 is 18.6. The predicted molar refractivity (Wildman–Crippen MR) is 130 cm³/mol. The zero-order chi connectivity index (χ0) is 24.5. The third-order valence-electron chi connectivity index (χ3n) is 6.21. The molecule has 35 heavy (non-hydrogen) atoms. The summed E-state index contributed by atoms with van der Waals surface area (Å²) in [7, 11) is 0.